The summed E-state index contributed by atoms with van der Waals surface area (Å²) in [5.41, 5.74) is 1.71. The molecule has 210 valence electrons. The molecule has 4 aromatic rings. The van der Waals surface area contributed by atoms with Gasteiger partial charge in [-0.15, -0.1) is 0 Å². The van der Waals surface area contributed by atoms with E-state index in [0.29, 0.717) is 24.4 Å². The standard InChI is InChI=1S/C28H30FN5O4S2/c1-2-38-23-9-12-25-26(19-23)39-28(31-25)34-17-15-33(16-18-34)14-13-30-27(35)20-3-7-22(8-4-20)32-40(36,37)24-10-5-21(29)6-11-24/h3-12,19,32H,2,13-18H2,1H3,(H,30,35). The van der Waals surface area contributed by atoms with E-state index in [1.165, 1.54) is 24.3 Å². The molecule has 5 rings (SSSR count). The second-order valence-corrected chi connectivity index (χ2v) is 12.0. The van der Waals surface area contributed by atoms with E-state index in [9.17, 15) is 17.6 Å². The van der Waals surface area contributed by atoms with Gasteiger partial charge in [0.05, 0.1) is 21.7 Å². The molecule has 2 N–H and O–H groups in total. The molecule has 0 radical (unpaired) electrons. The fourth-order valence-corrected chi connectivity index (χ4v) is 6.50. The number of ether oxygens (including phenoxy) is 1. The molecule has 0 saturated carbocycles. The number of thiazole rings is 1. The van der Waals surface area contributed by atoms with Crippen LogP contribution in [0.5, 0.6) is 5.75 Å². The third kappa shape index (κ3) is 6.69. The Labute approximate surface area is 236 Å². The normalized spacial score (nSPS) is 14.3. The Hall–Kier alpha value is -3.74. The van der Waals surface area contributed by atoms with Gasteiger partial charge in [-0.2, -0.15) is 0 Å². The van der Waals surface area contributed by atoms with Crippen LogP contribution in [0.1, 0.15) is 17.3 Å². The van der Waals surface area contributed by atoms with Crippen LogP contribution in [0.25, 0.3) is 10.2 Å². The predicted octanol–water partition coefficient (Wildman–Crippen LogP) is 4.19. The predicted molar refractivity (Wildman–Crippen MR) is 155 cm³/mol. The number of fused-ring (bicyclic) bond motifs is 1. The molecule has 0 unspecified atom stereocenters. The fourth-order valence-electron chi connectivity index (χ4n) is 4.39. The first-order valence-corrected chi connectivity index (χ1v) is 15.3. The summed E-state index contributed by atoms with van der Waals surface area (Å²) in [7, 11) is -3.86. The van der Waals surface area contributed by atoms with Crippen molar-refractivity contribution >= 4 is 48.3 Å². The summed E-state index contributed by atoms with van der Waals surface area (Å²) in [6.07, 6.45) is 0. The largest absolute Gasteiger partial charge is 0.494 e. The van der Waals surface area contributed by atoms with E-state index in [-0.39, 0.29) is 10.8 Å². The Morgan fingerprint density at radius 2 is 1.75 bits per heavy atom. The van der Waals surface area contributed by atoms with Crippen molar-refractivity contribution in [2.45, 2.75) is 11.8 Å². The molecule has 3 aromatic carbocycles. The van der Waals surface area contributed by atoms with Crippen LogP contribution < -0.4 is 19.7 Å². The number of aromatic nitrogens is 1. The molecule has 9 nitrogen and oxygen atoms in total. The highest BCUT2D eigenvalue weighted by Gasteiger charge is 2.20. The molecule has 2 heterocycles. The number of sulfonamides is 1. The molecule has 1 saturated heterocycles. The van der Waals surface area contributed by atoms with Crippen LogP contribution in [0.4, 0.5) is 15.2 Å². The van der Waals surface area contributed by atoms with Gasteiger partial charge in [-0.3, -0.25) is 14.4 Å². The maximum absolute atomic E-state index is 13.1. The minimum Gasteiger partial charge on any atom is -0.494 e. The van der Waals surface area contributed by atoms with Crippen LogP contribution in [0.15, 0.2) is 71.6 Å². The zero-order valence-electron chi connectivity index (χ0n) is 22.0. The minimum atomic E-state index is -3.86. The van der Waals surface area contributed by atoms with E-state index in [1.54, 1.807) is 23.5 Å². The lowest BCUT2D eigenvalue weighted by atomic mass is 10.2. The zero-order chi connectivity index (χ0) is 28.1. The van der Waals surface area contributed by atoms with Crippen molar-refractivity contribution in [1.82, 2.24) is 15.2 Å². The quantitative estimate of drug-likeness (QED) is 0.289. The van der Waals surface area contributed by atoms with Crippen molar-refractivity contribution in [2.75, 3.05) is 55.5 Å². The molecule has 1 aromatic heterocycles. The van der Waals surface area contributed by atoms with E-state index >= 15 is 0 Å². The maximum Gasteiger partial charge on any atom is 0.261 e. The maximum atomic E-state index is 13.1. The molecule has 0 bridgehead atoms. The van der Waals surface area contributed by atoms with Gasteiger partial charge in [0.2, 0.25) is 0 Å². The van der Waals surface area contributed by atoms with Gasteiger partial charge in [0.1, 0.15) is 11.6 Å². The Morgan fingerprint density at radius 3 is 2.45 bits per heavy atom. The number of benzene rings is 3. The lowest BCUT2D eigenvalue weighted by Gasteiger charge is -2.34. The van der Waals surface area contributed by atoms with Gasteiger partial charge < -0.3 is 15.0 Å². The summed E-state index contributed by atoms with van der Waals surface area (Å²) in [6.45, 7) is 7.31. The SMILES string of the molecule is CCOc1ccc2nc(N3CCN(CCNC(=O)c4ccc(NS(=O)(=O)c5ccc(F)cc5)cc4)CC3)sc2c1. The molecule has 1 fully saturated rings. The van der Waals surface area contributed by atoms with Crippen molar-refractivity contribution in [3.05, 3.63) is 78.1 Å². The van der Waals surface area contributed by atoms with E-state index in [2.05, 4.69) is 19.8 Å². The van der Waals surface area contributed by atoms with Gasteiger partial charge in [0.25, 0.3) is 15.9 Å². The van der Waals surface area contributed by atoms with Crippen molar-refractivity contribution < 1.29 is 22.3 Å². The summed E-state index contributed by atoms with van der Waals surface area (Å²) in [5.74, 6) is 0.116. The van der Waals surface area contributed by atoms with Crippen LogP contribution >= 0.6 is 11.3 Å². The van der Waals surface area contributed by atoms with Gasteiger partial charge in [0.15, 0.2) is 5.13 Å². The van der Waals surface area contributed by atoms with Gasteiger partial charge in [-0.1, -0.05) is 11.3 Å². The van der Waals surface area contributed by atoms with Crippen molar-refractivity contribution in [1.29, 1.82) is 0 Å². The summed E-state index contributed by atoms with van der Waals surface area (Å²) < 4.78 is 47.2. The number of halogens is 1. The molecule has 40 heavy (non-hydrogen) atoms. The molecule has 1 aliphatic rings. The van der Waals surface area contributed by atoms with Crippen LogP contribution in [0, 0.1) is 5.82 Å². The summed E-state index contributed by atoms with van der Waals surface area (Å²) in [4.78, 5) is 21.9. The average molecular weight is 584 g/mol. The number of hydrogen-bond acceptors (Lipinski definition) is 8. The number of rotatable bonds is 10. The van der Waals surface area contributed by atoms with E-state index in [4.69, 9.17) is 9.72 Å². The van der Waals surface area contributed by atoms with Crippen LogP contribution in [-0.4, -0.2) is 70.1 Å². The van der Waals surface area contributed by atoms with E-state index in [0.717, 1.165) is 66.0 Å². The Bertz CT molecular complexity index is 1570. The molecule has 0 aliphatic carbocycles. The zero-order valence-corrected chi connectivity index (χ0v) is 23.6. The van der Waals surface area contributed by atoms with Gasteiger partial charge in [0, 0.05) is 50.5 Å². The molecule has 1 amide bonds. The second-order valence-electron chi connectivity index (χ2n) is 9.28. The first kappa shape index (κ1) is 27.8. The summed E-state index contributed by atoms with van der Waals surface area (Å²) in [6, 6.07) is 16.7. The highest BCUT2D eigenvalue weighted by atomic mass is 32.2. The van der Waals surface area contributed by atoms with E-state index in [1.807, 2.05) is 25.1 Å². The van der Waals surface area contributed by atoms with Gasteiger partial charge in [-0.25, -0.2) is 17.8 Å². The number of amides is 1. The second kappa shape index (κ2) is 12.2. The van der Waals surface area contributed by atoms with Gasteiger partial charge >= 0.3 is 0 Å². The molecule has 0 spiro atoms. The lowest BCUT2D eigenvalue weighted by molar-refractivity contribution is 0.0948. The Morgan fingerprint density at radius 1 is 1.02 bits per heavy atom. The monoisotopic (exact) mass is 583 g/mol. The first-order chi connectivity index (χ1) is 19.3. The third-order valence-electron chi connectivity index (χ3n) is 6.54. The number of nitrogens with one attached hydrogen (secondary N) is 2. The number of piperazine rings is 1. The summed E-state index contributed by atoms with van der Waals surface area (Å²) >= 11 is 1.68. The minimum absolute atomic E-state index is 0.0484. The van der Waals surface area contributed by atoms with Crippen molar-refractivity contribution in [3.8, 4) is 5.75 Å². The molecule has 12 heteroatoms. The molecule has 0 atom stereocenters. The van der Waals surface area contributed by atoms with Crippen LogP contribution in [0.3, 0.4) is 0 Å². The summed E-state index contributed by atoms with van der Waals surface area (Å²) in [5, 5.41) is 3.94. The topological polar surface area (TPSA) is 104 Å². The average Bonchev–Trinajstić information content (AvgIpc) is 3.37. The lowest BCUT2D eigenvalue weighted by Crippen LogP contribution is -2.48. The number of hydrogen-bond donors (Lipinski definition) is 2. The van der Waals surface area contributed by atoms with Crippen molar-refractivity contribution in [2.24, 2.45) is 0 Å². The number of carbonyl (C=O) groups excluding carboxylic acids is 1. The molecule has 1 aliphatic heterocycles. The third-order valence-corrected chi connectivity index (χ3v) is 9.02. The van der Waals surface area contributed by atoms with Gasteiger partial charge in [-0.05, 0) is 73.7 Å². The Kier molecular flexibility index (Phi) is 8.48. The van der Waals surface area contributed by atoms with Crippen LogP contribution in [-0.2, 0) is 10.0 Å². The van der Waals surface area contributed by atoms with E-state index < -0.39 is 15.8 Å². The molecular weight excluding hydrogens is 553 g/mol. The number of nitrogens with zero attached hydrogens (tertiary/aromatic N) is 3. The first-order valence-electron chi connectivity index (χ1n) is 13.0. The molecular formula is C28H30FN5O4S2. The number of carbonyl (C=O) groups is 1. The smallest absolute Gasteiger partial charge is 0.261 e. The fraction of sp³-hybridized carbons (Fsp3) is 0.286. The highest BCUT2D eigenvalue weighted by Crippen LogP contribution is 2.32. The van der Waals surface area contributed by atoms with Crippen LogP contribution in [0.2, 0.25) is 0 Å². The van der Waals surface area contributed by atoms with Crippen molar-refractivity contribution in [3.63, 3.8) is 0 Å². The highest BCUT2D eigenvalue weighted by molar-refractivity contribution is 7.92. The number of anilines is 2. The Balaban J connectivity index is 1.07.